The molecule has 0 saturated heterocycles. The van der Waals surface area contributed by atoms with Crippen LogP contribution >= 0.6 is 11.6 Å². The molecule has 1 aliphatic carbocycles. The molecule has 2 heterocycles. The third kappa shape index (κ3) is 2.83. The predicted octanol–water partition coefficient (Wildman–Crippen LogP) is 2.87. The molecule has 0 amide bonds. The monoisotopic (exact) mass is 329 g/mol. The van der Waals surface area contributed by atoms with Crippen molar-refractivity contribution in [1.82, 2.24) is 14.6 Å². The lowest BCUT2D eigenvalue weighted by atomic mass is 10.3. The molecule has 118 valence electrons. The summed E-state index contributed by atoms with van der Waals surface area (Å²) in [4.78, 5) is 4.32. The lowest BCUT2D eigenvalue weighted by molar-refractivity contribution is 0.949. The van der Waals surface area contributed by atoms with Gasteiger partial charge < -0.3 is 22.1 Å². The molecule has 6 N–H and O–H groups in total. The number of nitrogen functional groups attached to an aromatic ring is 2. The summed E-state index contributed by atoms with van der Waals surface area (Å²) in [6.45, 7) is 0. The second-order valence-electron chi connectivity index (χ2n) is 5.68. The molecule has 7 nitrogen and oxygen atoms in total. The molecule has 0 radical (unpaired) electrons. The Labute approximate surface area is 137 Å². The number of benzene rings is 1. The van der Waals surface area contributed by atoms with E-state index in [1.54, 1.807) is 28.9 Å². The van der Waals surface area contributed by atoms with Crippen LogP contribution in [0, 0.1) is 0 Å². The molecule has 1 aliphatic rings. The zero-order chi connectivity index (χ0) is 16.0. The normalized spacial score (nSPS) is 14.1. The van der Waals surface area contributed by atoms with Crippen LogP contribution in [0.1, 0.15) is 12.8 Å². The first-order valence-electron chi connectivity index (χ1n) is 7.32. The van der Waals surface area contributed by atoms with Gasteiger partial charge in [-0.05, 0) is 31.0 Å². The van der Waals surface area contributed by atoms with Crippen LogP contribution in [-0.2, 0) is 0 Å². The number of imidazole rings is 1. The zero-order valence-corrected chi connectivity index (χ0v) is 13.0. The van der Waals surface area contributed by atoms with E-state index in [9.17, 15) is 0 Å². The number of anilines is 5. The van der Waals surface area contributed by atoms with Gasteiger partial charge in [0.25, 0.3) is 0 Å². The molecule has 23 heavy (non-hydrogen) atoms. The first-order valence-corrected chi connectivity index (χ1v) is 7.70. The molecule has 2 aromatic heterocycles. The van der Waals surface area contributed by atoms with Crippen molar-refractivity contribution in [1.29, 1.82) is 0 Å². The Morgan fingerprint density at radius 1 is 1.17 bits per heavy atom. The fraction of sp³-hybridized carbons (Fsp3) is 0.200. The number of nitrogens with zero attached hydrogens (tertiary/aromatic N) is 3. The van der Waals surface area contributed by atoms with E-state index in [1.807, 2.05) is 6.07 Å². The maximum Gasteiger partial charge on any atom is 0.179 e. The summed E-state index contributed by atoms with van der Waals surface area (Å²) in [7, 11) is 0. The van der Waals surface area contributed by atoms with Crippen molar-refractivity contribution in [2.45, 2.75) is 18.9 Å². The number of hydrogen-bond donors (Lipinski definition) is 4. The molecule has 1 aromatic carbocycles. The van der Waals surface area contributed by atoms with Crippen LogP contribution in [0.15, 0.2) is 30.5 Å². The summed E-state index contributed by atoms with van der Waals surface area (Å²) >= 11 is 6.04. The van der Waals surface area contributed by atoms with Gasteiger partial charge in [0.15, 0.2) is 11.5 Å². The Hall–Kier alpha value is -2.67. The van der Waals surface area contributed by atoms with Gasteiger partial charge in [0, 0.05) is 28.5 Å². The van der Waals surface area contributed by atoms with Crippen molar-refractivity contribution in [3.63, 3.8) is 0 Å². The molecule has 0 unspecified atom stereocenters. The number of fused-ring (bicyclic) bond motifs is 1. The van der Waals surface area contributed by atoms with E-state index >= 15 is 0 Å². The van der Waals surface area contributed by atoms with Crippen molar-refractivity contribution in [2.75, 3.05) is 22.1 Å². The highest BCUT2D eigenvalue weighted by atomic mass is 35.5. The third-order valence-corrected chi connectivity index (χ3v) is 3.84. The standard InChI is InChI=1S/C15H16ClN7/c16-8-3-9(17)5-11(4-8)21-14-6-12(20-10-1-2-10)15-19-7-13(18)23(15)22-14/h3-7,10,20H,1-2,17-18H2,(H,21,22). The second kappa shape index (κ2) is 5.20. The number of nitrogens with two attached hydrogens (primary N) is 2. The summed E-state index contributed by atoms with van der Waals surface area (Å²) in [6, 6.07) is 7.68. The molecule has 0 aliphatic heterocycles. The van der Waals surface area contributed by atoms with Crippen LogP contribution in [0.25, 0.3) is 5.65 Å². The summed E-state index contributed by atoms with van der Waals surface area (Å²) in [5.74, 6) is 1.11. The van der Waals surface area contributed by atoms with Crippen LogP contribution in [0.3, 0.4) is 0 Å². The smallest absolute Gasteiger partial charge is 0.179 e. The Morgan fingerprint density at radius 2 is 2.00 bits per heavy atom. The highest BCUT2D eigenvalue weighted by molar-refractivity contribution is 6.31. The van der Waals surface area contributed by atoms with E-state index in [4.69, 9.17) is 23.1 Å². The van der Waals surface area contributed by atoms with Crippen LogP contribution in [-0.4, -0.2) is 20.6 Å². The van der Waals surface area contributed by atoms with E-state index in [0.717, 1.165) is 24.2 Å². The number of aromatic nitrogens is 3. The molecule has 0 spiro atoms. The molecular weight excluding hydrogens is 314 g/mol. The lowest BCUT2D eigenvalue weighted by Gasteiger charge is -2.11. The van der Waals surface area contributed by atoms with E-state index < -0.39 is 0 Å². The Balaban J connectivity index is 1.74. The quantitative estimate of drug-likeness (QED) is 0.548. The summed E-state index contributed by atoms with van der Waals surface area (Å²) in [5, 5.41) is 11.7. The van der Waals surface area contributed by atoms with Gasteiger partial charge in [-0.3, -0.25) is 0 Å². The molecule has 0 bridgehead atoms. The highest BCUT2D eigenvalue weighted by Crippen LogP contribution is 2.30. The largest absolute Gasteiger partial charge is 0.399 e. The van der Waals surface area contributed by atoms with Gasteiger partial charge in [-0.2, -0.15) is 4.52 Å². The van der Waals surface area contributed by atoms with Crippen LogP contribution in [0.4, 0.5) is 28.7 Å². The minimum atomic E-state index is 0.480. The van der Waals surface area contributed by atoms with Crippen molar-refractivity contribution in [3.8, 4) is 0 Å². The molecule has 3 aromatic rings. The SMILES string of the molecule is Nc1cc(Cl)cc(Nc2cc(NC3CC3)c3ncc(N)n3n2)c1. The minimum absolute atomic E-state index is 0.480. The summed E-state index contributed by atoms with van der Waals surface area (Å²) in [5.41, 5.74) is 14.7. The Kier molecular flexibility index (Phi) is 3.16. The first-order chi connectivity index (χ1) is 11.1. The van der Waals surface area contributed by atoms with Gasteiger partial charge in [0.05, 0.1) is 11.9 Å². The topological polar surface area (TPSA) is 106 Å². The van der Waals surface area contributed by atoms with Gasteiger partial charge in [-0.1, -0.05) is 11.6 Å². The number of nitrogens with one attached hydrogen (secondary N) is 2. The van der Waals surface area contributed by atoms with Crippen LogP contribution in [0.2, 0.25) is 5.02 Å². The molecular formula is C15H16ClN7. The summed E-state index contributed by atoms with van der Waals surface area (Å²) < 4.78 is 1.61. The van der Waals surface area contributed by atoms with Gasteiger partial charge in [0.1, 0.15) is 5.82 Å². The second-order valence-corrected chi connectivity index (χ2v) is 6.12. The maximum atomic E-state index is 6.04. The van der Waals surface area contributed by atoms with E-state index in [2.05, 4.69) is 20.7 Å². The van der Waals surface area contributed by atoms with Gasteiger partial charge >= 0.3 is 0 Å². The molecule has 1 fully saturated rings. The first kappa shape index (κ1) is 14.0. The molecule has 0 atom stereocenters. The average molecular weight is 330 g/mol. The average Bonchev–Trinajstić information content (AvgIpc) is 3.21. The highest BCUT2D eigenvalue weighted by Gasteiger charge is 2.23. The van der Waals surface area contributed by atoms with Crippen LogP contribution < -0.4 is 22.1 Å². The van der Waals surface area contributed by atoms with Gasteiger partial charge in [0.2, 0.25) is 0 Å². The maximum absolute atomic E-state index is 6.04. The van der Waals surface area contributed by atoms with E-state index in [1.165, 1.54) is 0 Å². The Bertz CT molecular complexity index is 865. The summed E-state index contributed by atoms with van der Waals surface area (Å²) in [6.07, 6.45) is 3.93. The molecule has 4 rings (SSSR count). The molecule has 8 heteroatoms. The fourth-order valence-electron chi connectivity index (χ4n) is 2.43. The van der Waals surface area contributed by atoms with Crippen molar-refractivity contribution in [3.05, 3.63) is 35.5 Å². The lowest BCUT2D eigenvalue weighted by Crippen LogP contribution is -2.08. The third-order valence-electron chi connectivity index (χ3n) is 3.62. The number of hydrogen-bond acceptors (Lipinski definition) is 6. The van der Waals surface area contributed by atoms with E-state index in [0.29, 0.717) is 34.0 Å². The van der Waals surface area contributed by atoms with Crippen molar-refractivity contribution >= 4 is 45.9 Å². The minimum Gasteiger partial charge on any atom is -0.399 e. The number of rotatable bonds is 4. The van der Waals surface area contributed by atoms with Crippen molar-refractivity contribution < 1.29 is 0 Å². The van der Waals surface area contributed by atoms with Crippen LogP contribution in [0.5, 0.6) is 0 Å². The molecule has 1 saturated carbocycles. The van der Waals surface area contributed by atoms with E-state index in [-0.39, 0.29) is 0 Å². The van der Waals surface area contributed by atoms with Gasteiger partial charge in [-0.25, -0.2) is 4.98 Å². The predicted molar refractivity (Wildman–Crippen MR) is 93.2 cm³/mol. The Morgan fingerprint density at radius 3 is 2.74 bits per heavy atom. The zero-order valence-electron chi connectivity index (χ0n) is 12.3. The fourth-order valence-corrected chi connectivity index (χ4v) is 2.68. The van der Waals surface area contributed by atoms with Gasteiger partial charge in [-0.15, -0.1) is 5.10 Å². The number of halogens is 1. The van der Waals surface area contributed by atoms with Crippen molar-refractivity contribution in [2.24, 2.45) is 0 Å².